The lowest BCUT2D eigenvalue weighted by molar-refractivity contribution is 0.0707. The fourth-order valence-electron chi connectivity index (χ4n) is 5.31. The number of anilines is 4. The molecule has 10 nitrogen and oxygen atoms in total. The van der Waals surface area contributed by atoms with Gasteiger partial charge in [-0.25, -0.2) is 4.98 Å². The molecule has 1 unspecified atom stereocenters. The zero-order valence-electron chi connectivity index (χ0n) is 25.0. The fourth-order valence-corrected chi connectivity index (χ4v) is 5.31. The van der Waals surface area contributed by atoms with Crippen molar-refractivity contribution in [1.29, 1.82) is 0 Å². The van der Waals surface area contributed by atoms with Crippen LogP contribution in [0.15, 0.2) is 77.9 Å². The van der Waals surface area contributed by atoms with Gasteiger partial charge in [0.15, 0.2) is 6.23 Å². The van der Waals surface area contributed by atoms with Crippen molar-refractivity contribution in [2.75, 3.05) is 49.8 Å². The van der Waals surface area contributed by atoms with Crippen molar-refractivity contribution < 1.29 is 9.90 Å². The molecule has 1 fully saturated rings. The van der Waals surface area contributed by atoms with Crippen molar-refractivity contribution >= 4 is 28.8 Å². The topological polar surface area (TPSA) is 126 Å². The maximum atomic E-state index is 12.9. The Kier molecular flexibility index (Phi) is 9.08. The molecule has 224 valence electrons. The number of likely N-dealkylation sites (tertiary alicyclic amines) is 1. The number of rotatable bonds is 9. The second-order valence-electron chi connectivity index (χ2n) is 11.1. The monoisotopic (exact) mass is 581 g/mol. The normalized spacial score (nSPS) is 14.3. The number of aliphatic hydroxyl groups excluding tert-OH is 1. The highest BCUT2D eigenvalue weighted by Gasteiger charge is 2.23. The molecule has 0 spiro atoms. The third-order valence-electron chi connectivity index (χ3n) is 8.03. The van der Waals surface area contributed by atoms with Gasteiger partial charge >= 0.3 is 0 Å². The van der Waals surface area contributed by atoms with E-state index >= 15 is 0 Å². The van der Waals surface area contributed by atoms with E-state index in [4.69, 9.17) is 0 Å². The van der Waals surface area contributed by atoms with Crippen molar-refractivity contribution in [3.8, 4) is 11.1 Å². The molecule has 0 aliphatic carbocycles. The van der Waals surface area contributed by atoms with E-state index in [1.165, 1.54) is 0 Å². The molecule has 4 aromatic rings. The number of carbonyl (C=O) groups excluding carboxylic acids is 1. The standard InChI is InChI=1S/C33H39N7O3/c1-21-27(6-5-7-28(21)38-31(41)22-8-11-26(12-9-22)39(3)4)24-18-29(32(42)36-20-24)37-30-13-10-23(19-35-30)33(43)40-16-14-25(34-2)15-17-40/h5-13,18-20,25,31,34,38,41H,14-17H2,1-4H3,(H,35,37)(H,36,42). The predicted molar refractivity (Wildman–Crippen MR) is 172 cm³/mol. The predicted octanol–water partition coefficient (Wildman–Crippen LogP) is 4.48. The van der Waals surface area contributed by atoms with Gasteiger partial charge in [0.2, 0.25) is 0 Å². The molecule has 1 aliphatic rings. The number of hydrogen-bond donors (Lipinski definition) is 5. The Morgan fingerprint density at radius 2 is 1.81 bits per heavy atom. The van der Waals surface area contributed by atoms with Crippen LogP contribution in [-0.4, -0.2) is 66.2 Å². The molecule has 5 N–H and O–H groups in total. The quantitative estimate of drug-likeness (QED) is 0.183. The number of amides is 1. The van der Waals surface area contributed by atoms with E-state index in [-0.39, 0.29) is 11.5 Å². The summed E-state index contributed by atoms with van der Waals surface area (Å²) in [7, 11) is 5.90. The lowest BCUT2D eigenvalue weighted by Gasteiger charge is -2.31. The smallest absolute Gasteiger partial charge is 0.271 e. The van der Waals surface area contributed by atoms with Crippen molar-refractivity contribution in [3.63, 3.8) is 0 Å². The van der Waals surface area contributed by atoms with Gasteiger partial charge in [-0.3, -0.25) is 9.59 Å². The molecule has 5 rings (SSSR count). The molecule has 1 atom stereocenters. The Bertz CT molecular complexity index is 1610. The first-order valence-electron chi connectivity index (χ1n) is 14.5. The summed E-state index contributed by atoms with van der Waals surface area (Å²) in [5.74, 6) is 0.428. The van der Waals surface area contributed by atoms with E-state index in [1.807, 2.05) is 80.3 Å². The Balaban J connectivity index is 1.29. The van der Waals surface area contributed by atoms with Gasteiger partial charge < -0.3 is 35.8 Å². The molecule has 3 heterocycles. The highest BCUT2D eigenvalue weighted by atomic mass is 16.3. The zero-order chi connectivity index (χ0) is 30.5. The number of H-pyrrole nitrogens is 1. The molecule has 1 saturated heterocycles. The van der Waals surface area contributed by atoms with Crippen LogP contribution >= 0.6 is 0 Å². The number of hydrogen-bond acceptors (Lipinski definition) is 8. The van der Waals surface area contributed by atoms with Gasteiger partial charge in [-0.2, -0.15) is 0 Å². The first-order valence-corrected chi connectivity index (χ1v) is 14.5. The number of benzene rings is 2. The molecule has 0 saturated carbocycles. The van der Waals surface area contributed by atoms with Crippen LogP contribution in [0, 0.1) is 6.92 Å². The Hall–Kier alpha value is -4.67. The molecule has 1 aliphatic heterocycles. The van der Waals surface area contributed by atoms with Crippen LogP contribution in [0.5, 0.6) is 0 Å². The second kappa shape index (κ2) is 13.1. The molecule has 10 heteroatoms. The number of aromatic nitrogens is 2. The van der Waals surface area contributed by atoms with Gasteiger partial charge in [0.05, 0.1) is 5.56 Å². The van der Waals surface area contributed by atoms with Crippen LogP contribution in [0.25, 0.3) is 11.1 Å². The first kappa shape index (κ1) is 29.8. The lowest BCUT2D eigenvalue weighted by Crippen LogP contribution is -2.43. The van der Waals surface area contributed by atoms with Crippen LogP contribution < -0.4 is 26.4 Å². The van der Waals surface area contributed by atoms with E-state index in [1.54, 1.807) is 30.6 Å². The van der Waals surface area contributed by atoms with Crippen molar-refractivity contribution in [2.24, 2.45) is 0 Å². The summed E-state index contributed by atoms with van der Waals surface area (Å²) >= 11 is 0. The van der Waals surface area contributed by atoms with Gasteiger partial charge in [0.25, 0.3) is 11.5 Å². The van der Waals surface area contributed by atoms with E-state index in [9.17, 15) is 14.7 Å². The van der Waals surface area contributed by atoms with Crippen molar-refractivity contribution in [1.82, 2.24) is 20.2 Å². The molecule has 1 amide bonds. The Labute approximate surface area is 251 Å². The zero-order valence-corrected chi connectivity index (χ0v) is 25.0. The minimum atomic E-state index is -0.890. The average molecular weight is 582 g/mol. The minimum Gasteiger partial charge on any atom is -0.378 e. The number of nitrogens with zero attached hydrogens (tertiary/aromatic N) is 3. The first-order chi connectivity index (χ1) is 20.7. The number of nitrogens with one attached hydrogen (secondary N) is 4. The summed E-state index contributed by atoms with van der Waals surface area (Å²) in [5, 5.41) is 20.4. The lowest BCUT2D eigenvalue weighted by atomic mass is 10.00. The molecular formula is C33H39N7O3. The molecule has 43 heavy (non-hydrogen) atoms. The number of piperidine rings is 1. The highest BCUT2D eigenvalue weighted by molar-refractivity contribution is 5.94. The average Bonchev–Trinajstić information content (AvgIpc) is 3.03. The third-order valence-corrected chi connectivity index (χ3v) is 8.03. The number of aromatic amines is 1. The number of aliphatic hydroxyl groups is 1. The van der Waals surface area contributed by atoms with Gasteiger partial charge in [-0.15, -0.1) is 0 Å². The van der Waals surface area contributed by atoms with E-state index in [0.717, 1.165) is 46.5 Å². The molecular weight excluding hydrogens is 542 g/mol. The SMILES string of the molecule is CNC1CCN(C(=O)c2ccc(Nc3cc(-c4cccc(NC(O)c5ccc(N(C)C)cc5)c4C)c[nH]c3=O)nc2)CC1. The summed E-state index contributed by atoms with van der Waals surface area (Å²) < 4.78 is 0. The minimum absolute atomic E-state index is 0.0342. The summed E-state index contributed by atoms with van der Waals surface area (Å²) in [5.41, 5.74) is 5.76. The van der Waals surface area contributed by atoms with E-state index in [2.05, 4.69) is 25.9 Å². The molecule has 2 aromatic carbocycles. The fraction of sp³-hybridized carbons (Fsp3) is 0.303. The largest absolute Gasteiger partial charge is 0.378 e. The van der Waals surface area contributed by atoms with Crippen LogP contribution in [0.4, 0.5) is 22.9 Å². The third kappa shape index (κ3) is 6.87. The van der Waals surface area contributed by atoms with Gasteiger partial charge in [-0.05, 0) is 74.3 Å². The van der Waals surface area contributed by atoms with Gasteiger partial charge in [0, 0.05) is 68.1 Å². The summed E-state index contributed by atoms with van der Waals surface area (Å²) in [4.78, 5) is 36.7. The Morgan fingerprint density at radius 1 is 1.07 bits per heavy atom. The van der Waals surface area contributed by atoms with Gasteiger partial charge in [0.1, 0.15) is 11.5 Å². The Morgan fingerprint density at radius 3 is 2.47 bits per heavy atom. The van der Waals surface area contributed by atoms with Crippen LogP contribution in [0.1, 0.15) is 40.6 Å². The summed E-state index contributed by atoms with van der Waals surface area (Å²) in [6.45, 7) is 3.40. The van der Waals surface area contributed by atoms with E-state index in [0.29, 0.717) is 36.2 Å². The van der Waals surface area contributed by atoms with Crippen molar-refractivity contribution in [2.45, 2.75) is 32.0 Å². The number of pyridine rings is 2. The summed E-state index contributed by atoms with van der Waals surface area (Å²) in [6, 6.07) is 19.2. The molecule has 2 aromatic heterocycles. The van der Waals surface area contributed by atoms with Crippen LogP contribution in [0.2, 0.25) is 0 Å². The van der Waals surface area contributed by atoms with Crippen LogP contribution in [-0.2, 0) is 0 Å². The maximum Gasteiger partial charge on any atom is 0.271 e. The van der Waals surface area contributed by atoms with Crippen LogP contribution in [0.3, 0.4) is 0 Å². The van der Waals surface area contributed by atoms with E-state index < -0.39 is 6.23 Å². The highest BCUT2D eigenvalue weighted by Crippen LogP contribution is 2.31. The molecule has 0 radical (unpaired) electrons. The summed E-state index contributed by atoms with van der Waals surface area (Å²) in [6.07, 6.45) is 4.18. The van der Waals surface area contributed by atoms with Gasteiger partial charge in [-0.1, -0.05) is 24.3 Å². The molecule has 0 bridgehead atoms. The second-order valence-corrected chi connectivity index (χ2v) is 11.1. The number of carbonyl (C=O) groups is 1. The maximum absolute atomic E-state index is 12.9. The van der Waals surface area contributed by atoms with Crippen molar-refractivity contribution in [3.05, 3.63) is 100 Å².